The quantitative estimate of drug-likeness (QED) is 0.256. The topological polar surface area (TPSA) is 109 Å². The van der Waals surface area contributed by atoms with Crippen LogP contribution in [-0.2, 0) is 27.4 Å². The van der Waals surface area contributed by atoms with E-state index in [1.807, 2.05) is 79.7 Å². The Morgan fingerprint density at radius 1 is 0.897 bits per heavy atom. The van der Waals surface area contributed by atoms with Gasteiger partial charge in [-0.15, -0.1) is 11.8 Å². The number of hydrogen-bond donors (Lipinski definition) is 4. The first kappa shape index (κ1) is 28.6. The summed E-state index contributed by atoms with van der Waals surface area (Å²) in [5.74, 6) is 0.639. The molecular weight excluding hydrogens is 514 g/mol. The molecule has 1 aliphatic heterocycles. The second-order valence-electron chi connectivity index (χ2n) is 9.32. The van der Waals surface area contributed by atoms with Gasteiger partial charge in [-0.25, -0.2) is 4.79 Å². The molecule has 0 bridgehead atoms. The monoisotopic (exact) mass is 549 g/mol. The molecule has 4 N–H and O–H groups in total. The van der Waals surface area contributed by atoms with Crippen molar-refractivity contribution in [2.75, 3.05) is 17.6 Å². The van der Waals surface area contributed by atoms with E-state index in [0.717, 1.165) is 38.6 Å². The molecule has 3 aromatic carbocycles. The summed E-state index contributed by atoms with van der Waals surface area (Å²) in [6.07, 6.45) is -0.0753. The average molecular weight is 550 g/mol. The second kappa shape index (κ2) is 14.1. The van der Waals surface area contributed by atoms with Gasteiger partial charge < -0.3 is 30.5 Å². The lowest BCUT2D eigenvalue weighted by Crippen LogP contribution is -2.34. The van der Waals surface area contributed by atoms with Crippen molar-refractivity contribution in [1.29, 1.82) is 0 Å². The third-order valence-corrected chi connectivity index (χ3v) is 7.41. The average Bonchev–Trinajstić information content (AvgIpc) is 2.96. The second-order valence-corrected chi connectivity index (χ2v) is 10.4. The first-order valence-electron chi connectivity index (χ1n) is 13.0. The van der Waals surface area contributed by atoms with Gasteiger partial charge in [-0.05, 0) is 47.9 Å². The molecule has 39 heavy (non-hydrogen) atoms. The van der Waals surface area contributed by atoms with E-state index in [1.165, 1.54) is 6.92 Å². The van der Waals surface area contributed by atoms with Gasteiger partial charge in [0.2, 0.25) is 5.91 Å². The Morgan fingerprint density at radius 2 is 1.56 bits per heavy atom. The Labute approximate surface area is 233 Å². The Kier molecular flexibility index (Phi) is 10.4. The van der Waals surface area contributed by atoms with Gasteiger partial charge in [0.15, 0.2) is 6.29 Å². The molecule has 9 heteroatoms. The Bertz CT molecular complexity index is 1220. The number of aliphatic hydroxyl groups excluding tert-OH is 1. The van der Waals surface area contributed by atoms with E-state index < -0.39 is 6.29 Å². The van der Waals surface area contributed by atoms with Gasteiger partial charge in [-0.2, -0.15) is 0 Å². The number of carbonyl (C=O) groups excluding carboxylic acids is 2. The van der Waals surface area contributed by atoms with E-state index in [0.29, 0.717) is 19.5 Å². The minimum absolute atomic E-state index is 0.00115. The van der Waals surface area contributed by atoms with Gasteiger partial charge in [0.05, 0.1) is 18.8 Å². The maximum Gasteiger partial charge on any atom is 0.315 e. The van der Waals surface area contributed by atoms with E-state index in [-0.39, 0.29) is 30.8 Å². The van der Waals surface area contributed by atoms with Gasteiger partial charge >= 0.3 is 6.03 Å². The van der Waals surface area contributed by atoms with Crippen molar-refractivity contribution in [1.82, 2.24) is 10.6 Å². The van der Waals surface area contributed by atoms with Gasteiger partial charge in [0.1, 0.15) is 0 Å². The molecule has 3 atom stereocenters. The number of urea groups is 1. The summed E-state index contributed by atoms with van der Waals surface area (Å²) >= 11 is 1.70. The SMILES string of the molecule is CCNC(=O)NCc1ccc([C@H]2O[C@@H](CSc3ccc(NC(C)=O)cc3)C[C@@H](c3ccc(CO)cc3)O2)cc1. The summed E-state index contributed by atoms with van der Waals surface area (Å²) in [4.78, 5) is 24.1. The highest BCUT2D eigenvalue weighted by atomic mass is 32.2. The molecule has 8 nitrogen and oxygen atoms in total. The molecule has 3 aromatic rings. The smallest absolute Gasteiger partial charge is 0.315 e. The Balaban J connectivity index is 1.45. The molecule has 1 aliphatic rings. The summed E-state index contributed by atoms with van der Waals surface area (Å²) < 4.78 is 12.8. The summed E-state index contributed by atoms with van der Waals surface area (Å²) in [6, 6.07) is 23.3. The zero-order valence-electron chi connectivity index (χ0n) is 22.2. The molecule has 0 radical (unpaired) electrons. The minimum Gasteiger partial charge on any atom is -0.392 e. The largest absolute Gasteiger partial charge is 0.392 e. The van der Waals surface area contributed by atoms with Crippen LogP contribution in [0.15, 0.2) is 77.7 Å². The summed E-state index contributed by atoms with van der Waals surface area (Å²) in [7, 11) is 0. The van der Waals surface area contributed by atoms with Crippen LogP contribution in [0.5, 0.6) is 0 Å². The van der Waals surface area contributed by atoms with Crippen LogP contribution in [-0.4, -0.2) is 35.4 Å². The normalized spacial score (nSPS) is 18.8. The number of anilines is 1. The maximum absolute atomic E-state index is 11.7. The molecule has 0 spiro atoms. The zero-order valence-corrected chi connectivity index (χ0v) is 23.0. The number of amides is 3. The Morgan fingerprint density at radius 3 is 2.21 bits per heavy atom. The fourth-order valence-corrected chi connectivity index (χ4v) is 5.17. The molecule has 206 valence electrons. The number of rotatable bonds is 10. The number of aliphatic hydroxyl groups is 1. The molecule has 4 rings (SSSR count). The van der Waals surface area contributed by atoms with Gasteiger partial charge in [0.25, 0.3) is 0 Å². The standard InChI is InChI=1S/C30H35N3O5S/c1-3-31-30(36)32-17-21-4-10-24(11-5-21)29-37-26(16-28(38-29)23-8-6-22(18-34)7-9-23)19-39-27-14-12-25(13-15-27)33-20(2)35/h4-15,26,28-29,34H,3,16-19H2,1-2H3,(H,33,35)(H2,31,32,36)/t26-,28+,29+/m1/s1. The van der Waals surface area contributed by atoms with Crippen LogP contribution >= 0.6 is 11.8 Å². The lowest BCUT2D eigenvalue weighted by molar-refractivity contribution is -0.245. The lowest BCUT2D eigenvalue weighted by Gasteiger charge is -2.36. The van der Waals surface area contributed by atoms with Crippen molar-refractivity contribution in [3.8, 4) is 0 Å². The van der Waals surface area contributed by atoms with Crippen molar-refractivity contribution >= 4 is 29.4 Å². The first-order chi connectivity index (χ1) is 18.9. The van der Waals surface area contributed by atoms with E-state index >= 15 is 0 Å². The van der Waals surface area contributed by atoms with Gasteiger partial charge in [-0.3, -0.25) is 4.79 Å². The molecule has 0 aliphatic carbocycles. The fraction of sp³-hybridized carbons (Fsp3) is 0.333. The summed E-state index contributed by atoms with van der Waals surface area (Å²) in [6.45, 7) is 4.37. The van der Waals surface area contributed by atoms with Crippen molar-refractivity contribution in [3.05, 3.63) is 95.1 Å². The lowest BCUT2D eigenvalue weighted by atomic mass is 10.0. The highest BCUT2D eigenvalue weighted by Crippen LogP contribution is 2.39. The highest BCUT2D eigenvalue weighted by Gasteiger charge is 2.32. The molecule has 1 fully saturated rings. The number of nitrogens with one attached hydrogen (secondary N) is 3. The van der Waals surface area contributed by atoms with Crippen LogP contribution in [0, 0.1) is 0 Å². The van der Waals surface area contributed by atoms with Crippen LogP contribution in [0.25, 0.3) is 0 Å². The van der Waals surface area contributed by atoms with Crippen LogP contribution in [0.2, 0.25) is 0 Å². The predicted octanol–water partition coefficient (Wildman–Crippen LogP) is 5.29. The van der Waals surface area contributed by atoms with Crippen molar-refractivity contribution in [2.24, 2.45) is 0 Å². The molecule has 0 unspecified atom stereocenters. The Hall–Kier alpha value is -3.37. The number of carbonyl (C=O) groups is 2. The van der Waals surface area contributed by atoms with Crippen LogP contribution < -0.4 is 16.0 Å². The van der Waals surface area contributed by atoms with Gasteiger partial charge in [0, 0.05) is 48.3 Å². The highest BCUT2D eigenvalue weighted by molar-refractivity contribution is 7.99. The number of thioether (sulfide) groups is 1. The molecule has 1 heterocycles. The van der Waals surface area contributed by atoms with Crippen molar-refractivity contribution in [2.45, 2.75) is 56.8 Å². The summed E-state index contributed by atoms with van der Waals surface area (Å²) in [5, 5.41) is 17.8. The molecular formula is C30H35N3O5S. The number of benzene rings is 3. The van der Waals surface area contributed by atoms with Gasteiger partial charge in [-0.1, -0.05) is 48.5 Å². The van der Waals surface area contributed by atoms with Crippen LogP contribution in [0.4, 0.5) is 10.5 Å². The van der Waals surface area contributed by atoms with E-state index in [4.69, 9.17) is 9.47 Å². The third kappa shape index (κ3) is 8.56. The molecule has 1 saturated heterocycles. The van der Waals surface area contributed by atoms with Crippen LogP contribution in [0.1, 0.15) is 54.9 Å². The van der Waals surface area contributed by atoms with E-state index in [1.54, 1.807) is 11.8 Å². The van der Waals surface area contributed by atoms with Crippen LogP contribution in [0.3, 0.4) is 0 Å². The van der Waals surface area contributed by atoms with Crippen molar-refractivity contribution < 1.29 is 24.2 Å². The zero-order chi connectivity index (χ0) is 27.6. The molecule has 0 aromatic heterocycles. The minimum atomic E-state index is -0.542. The molecule has 0 saturated carbocycles. The number of hydrogen-bond acceptors (Lipinski definition) is 6. The third-order valence-electron chi connectivity index (χ3n) is 6.27. The maximum atomic E-state index is 11.7. The van der Waals surface area contributed by atoms with E-state index in [2.05, 4.69) is 16.0 Å². The van der Waals surface area contributed by atoms with Crippen molar-refractivity contribution in [3.63, 3.8) is 0 Å². The number of ether oxygens (including phenoxy) is 2. The molecule has 3 amide bonds. The fourth-order valence-electron chi connectivity index (χ4n) is 4.25. The predicted molar refractivity (Wildman–Crippen MR) is 152 cm³/mol. The summed E-state index contributed by atoms with van der Waals surface area (Å²) in [5.41, 5.74) is 4.55. The van der Waals surface area contributed by atoms with E-state index in [9.17, 15) is 14.7 Å². The first-order valence-corrected chi connectivity index (χ1v) is 14.0.